The van der Waals surface area contributed by atoms with Gasteiger partial charge in [-0.15, -0.1) is 11.3 Å². The lowest BCUT2D eigenvalue weighted by Gasteiger charge is -2.28. The van der Waals surface area contributed by atoms with Gasteiger partial charge in [-0.25, -0.2) is 4.98 Å². The van der Waals surface area contributed by atoms with Crippen molar-refractivity contribution in [2.45, 2.75) is 76.4 Å². The normalized spacial score (nSPS) is 33.3. The van der Waals surface area contributed by atoms with Crippen molar-refractivity contribution in [3.8, 4) is 0 Å². The van der Waals surface area contributed by atoms with E-state index in [0.29, 0.717) is 6.04 Å². The molecule has 4 heteroatoms. The molecule has 1 aromatic heterocycles. The van der Waals surface area contributed by atoms with Crippen LogP contribution in [-0.2, 0) is 18.4 Å². The van der Waals surface area contributed by atoms with Crippen molar-refractivity contribution >= 4 is 11.3 Å². The number of likely N-dealkylation sites (N-methyl/N-ethyl adjacent to an activating group) is 1. The second kappa shape index (κ2) is 5.32. The van der Waals surface area contributed by atoms with Crippen LogP contribution in [0.3, 0.4) is 0 Å². The minimum absolute atomic E-state index is 0.124. The van der Waals surface area contributed by atoms with Gasteiger partial charge in [0.1, 0.15) is 5.01 Å². The fraction of sp³-hybridized carbons (Fsp3) is 0.824. The molecule has 0 amide bonds. The third-order valence-corrected chi connectivity index (χ3v) is 6.81. The summed E-state index contributed by atoms with van der Waals surface area (Å²) >= 11 is 2.01. The Hall–Kier alpha value is -0.450. The van der Waals surface area contributed by atoms with Crippen LogP contribution >= 0.6 is 11.3 Å². The Labute approximate surface area is 132 Å². The van der Waals surface area contributed by atoms with Crippen molar-refractivity contribution in [3.63, 3.8) is 0 Å². The Morgan fingerprint density at radius 2 is 2.14 bits per heavy atom. The van der Waals surface area contributed by atoms with Gasteiger partial charge in [0.2, 0.25) is 0 Å². The number of hydrogen-bond donors (Lipinski definition) is 1. The van der Waals surface area contributed by atoms with Crippen LogP contribution in [0.5, 0.6) is 0 Å². The van der Waals surface area contributed by atoms with Crippen LogP contribution < -0.4 is 5.32 Å². The van der Waals surface area contributed by atoms with Gasteiger partial charge >= 0.3 is 0 Å². The summed E-state index contributed by atoms with van der Waals surface area (Å²) in [4.78, 5) is 9.42. The number of thiazole rings is 1. The van der Waals surface area contributed by atoms with Gasteiger partial charge in [-0.2, -0.15) is 0 Å². The summed E-state index contributed by atoms with van der Waals surface area (Å²) in [5.74, 6) is 0. The Balaban J connectivity index is 1.66. The molecule has 2 heterocycles. The molecule has 1 saturated carbocycles. The van der Waals surface area contributed by atoms with Crippen LogP contribution in [0, 0.1) is 0 Å². The maximum atomic E-state index is 5.10. The van der Waals surface area contributed by atoms with Gasteiger partial charge in [-0.05, 0) is 58.4 Å². The van der Waals surface area contributed by atoms with Gasteiger partial charge in [0.15, 0.2) is 0 Å². The Morgan fingerprint density at radius 3 is 2.86 bits per heavy atom. The van der Waals surface area contributed by atoms with Crippen LogP contribution in [0.25, 0.3) is 0 Å². The lowest BCUT2D eigenvalue weighted by Crippen LogP contribution is -2.45. The molecular weight excluding hydrogens is 278 g/mol. The van der Waals surface area contributed by atoms with E-state index >= 15 is 0 Å². The second-order valence-corrected chi connectivity index (χ2v) is 8.25. The highest BCUT2D eigenvalue weighted by Gasteiger charge is 2.49. The first-order chi connectivity index (χ1) is 10.2. The topological polar surface area (TPSA) is 28.2 Å². The zero-order chi connectivity index (χ0) is 14.4. The van der Waals surface area contributed by atoms with Gasteiger partial charge in [0, 0.05) is 23.5 Å². The summed E-state index contributed by atoms with van der Waals surface area (Å²) < 4.78 is 0. The number of nitrogens with one attached hydrogen (secondary N) is 1. The quantitative estimate of drug-likeness (QED) is 0.926. The smallest absolute Gasteiger partial charge is 0.115 e. The van der Waals surface area contributed by atoms with E-state index in [1.807, 2.05) is 11.3 Å². The first kappa shape index (κ1) is 14.2. The molecule has 21 heavy (non-hydrogen) atoms. The molecule has 2 aliphatic carbocycles. The van der Waals surface area contributed by atoms with Gasteiger partial charge in [-0.3, -0.25) is 4.90 Å². The van der Waals surface area contributed by atoms with Crippen molar-refractivity contribution in [2.24, 2.45) is 0 Å². The summed E-state index contributed by atoms with van der Waals surface area (Å²) in [5.41, 5.74) is 1.54. The molecular formula is C17H27N3S. The summed E-state index contributed by atoms with van der Waals surface area (Å²) in [7, 11) is 0. The Bertz CT molecular complexity index is 499. The zero-order valence-electron chi connectivity index (χ0n) is 13.3. The number of aryl methyl sites for hydroxylation is 2. The van der Waals surface area contributed by atoms with Crippen molar-refractivity contribution < 1.29 is 0 Å². The molecule has 0 bridgehead atoms. The van der Waals surface area contributed by atoms with Crippen molar-refractivity contribution in [3.05, 3.63) is 15.6 Å². The van der Waals surface area contributed by atoms with Crippen molar-refractivity contribution in [1.82, 2.24) is 15.2 Å². The average Bonchev–Trinajstić information content (AvgIpc) is 3.12. The molecule has 3 nitrogen and oxygen atoms in total. The van der Waals surface area contributed by atoms with Gasteiger partial charge < -0.3 is 5.32 Å². The SMILES string of the molecule is CCNC1(c2nc3c(s2)CCCC3)CC(C)N(C2CC2)C1. The maximum absolute atomic E-state index is 5.10. The Morgan fingerprint density at radius 1 is 1.33 bits per heavy atom. The highest BCUT2D eigenvalue weighted by atomic mass is 32.1. The monoisotopic (exact) mass is 305 g/mol. The predicted octanol–water partition coefficient (Wildman–Crippen LogP) is 3.08. The van der Waals surface area contributed by atoms with E-state index in [0.717, 1.165) is 12.6 Å². The summed E-state index contributed by atoms with van der Waals surface area (Å²) in [6, 6.07) is 1.55. The third-order valence-electron chi connectivity index (χ3n) is 5.45. The van der Waals surface area contributed by atoms with Crippen LogP contribution in [0.4, 0.5) is 0 Å². The van der Waals surface area contributed by atoms with E-state index < -0.39 is 0 Å². The highest BCUT2D eigenvalue weighted by molar-refractivity contribution is 7.11. The molecule has 0 spiro atoms. The molecule has 1 aliphatic heterocycles. The maximum Gasteiger partial charge on any atom is 0.115 e. The molecule has 2 atom stereocenters. The number of nitrogens with zero attached hydrogens (tertiary/aromatic N) is 2. The molecule has 3 aliphatic rings. The van der Waals surface area contributed by atoms with E-state index in [9.17, 15) is 0 Å². The van der Waals surface area contributed by atoms with Crippen LogP contribution in [-0.4, -0.2) is 35.1 Å². The van der Waals surface area contributed by atoms with Crippen LogP contribution in [0.15, 0.2) is 0 Å². The largest absolute Gasteiger partial charge is 0.305 e. The van der Waals surface area contributed by atoms with E-state index in [1.165, 1.54) is 62.2 Å². The lowest BCUT2D eigenvalue weighted by molar-refractivity contribution is 0.241. The Kier molecular flexibility index (Phi) is 3.59. The van der Waals surface area contributed by atoms with Crippen molar-refractivity contribution in [2.75, 3.05) is 13.1 Å². The summed E-state index contributed by atoms with van der Waals surface area (Å²) in [5, 5.41) is 5.21. The van der Waals surface area contributed by atoms with Crippen LogP contribution in [0.2, 0.25) is 0 Å². The molecule has 4 rings (SSSR count). The zero-order valence-corrected chi connectivity index (χ0v) is 14.1. The standard InChI is InChI=1S/C17H27N3S/c1-3-18-17(10-12(2)20(11-17)13-8-9-13)16-19-14-6-4-5-7-15(14)21-16/h12-13,18H,3-11H2,1-2H3. The van der Waals surface area contributed by atoms with E-state index in [2.05, 4.69) is 24.1 Å². The number of likely N-dealkylation sites (tertiary alicyclic amines) is 1. The first-order valence-corrected chi connectivity index (χ1v) is 9.53. The predicted molar refractivity (Wildman–Crippen MR) is 87.9 cm³/mol. The third kappa shape index (κ3) is 2.45. The second-order valence-electron chi connectivity index (χ2n) is 7.17. The average molecular weight is 305 g/mol. The fourth-order valence-corrected chi connectivity index (χ4v) is 5.62. The van der Waals surface area contributed by atoms with Crippen LogP contribution in [0.1, 0.15) is 61.5 Å². The minimum atomic E-state index is 0.124. The number of rotatable bonds is 4. The fourth-order valence-electron chi connectivity index (χ4n) is 4.30. The number of fused-ring (bicyclic) bond motifs is 1. The molecule has 0 radical (unpaired) electrons. The molecule has 1 saturated heterocycles. The van der Waals surface area contributed by atoms with Gasteiger partial charge in [0.25, 0.3) is 0 Å². The molecule has 2 fully saturated rings. The number of hydrogen-bond acceptors (Lipinski definition) is 4. The van der Waals surface area contributed by atoms with Crippen molar-refractivity contribution in [1.29, 1.82) is 0 Å². The first-order valence-electron chi connectivity index (χ1n) is 8.72. The highest BCUT2D eigenvalue weighted by Crippen LogP contribution is 2.44. The van der Waals surface area contributed by atoms with E-state index in [1.54, 1.807) is 4.88 Å². The van der Waals surface area contributed by atoms with Gasteiger partial charge in [0.05, 0.1) is 11.2 Å². The molecule has 116 valence electrons. The molecule has 1 aromatic rings. The summed E-state index contributed by atoms with van der Waals surface area (Å²) in [6.07, 6.45) is 9.18. The van der Waals surface area contributed by atoms with Gasteiger partial charge in [-0.1, -0.05) is 6.92 Å². The minimum Gasteiger partial charge on any atom is -0.305 e. The number of aromatic nitrogens is 1. The summed E-state index contributed by atoms with van der Waals surface area (Å²) in [6.45, 7) is 6.85. The lowest BCUT2D eigenvalue weighted by atomic mass is 9.96. The molecule has 1 N–H and O–H groups in total. The molecule has 2 unspecified atom stereocenters. The van der Waals surface area contributed by atoms with E-state index in [-0.39, 0.29) is 5.54 Å². The molecule has 0 aromatic carbocycles. The van der Waals surface area contributed by atoms with E-state index in [4.69, 9.17) is 4.98 Å².